The Labute approximate surface area is 250 Å². The molecule has 0 fully saturated rings. The SMILES string of the molecule is CC[PH+](C[PH+](CCPC[PH+](C)P)P(P)P)PP.CC[PH+](C[PH+](CCPC[PH+](C)P)P(P)P)PP. The third kappa shape index (κ3) is 29.3. The van der Waals surface area contributed by atoms with Gasteiger partial charge >= 0.3 is 0 Å². The molecule has 20 heteroatoms. The van der Waals surface area contributed by atoms with Crippen molar-refractivity contribution in [3.63, 3.8) is 0 Å². The molecule has 0 aromatic heterocycles. The van der Waals surface area contributed by atoms with E-state index in [1.165, 1.54) is 69.5 Å². The lowest BCUT2D eigenvalue weighted by Gasteiger charge is -2.14. The van der Waals surface area contributed by atoms with E-state index in [0.717, 1.165) is 0 Å². The molecule has 0 spiro atoms. The summed E-state index contributed by atoms with van der Waals surface area (Å²) in [5.41, 5.74) is 0. The van der Waals surface area contributed by atoms with E-state index in [2.05, 4.69) is 98.6 Å². The monoisotopic (exact) mass is 846 g/mol. The zero-order valence-electron chi connectivity index (χ0n) is 21.6. The zero-order chi connectivity index (χ0) is 26.5. The molecule has 18 atom stereocenters. The van der Waals surface area contributed by atoms with E-state index < -0.39 is 0 Å². The second-order valence-corrected chi connectivity index (χ2v) is 68.8. The Morgan fingerprint density at radius 3 is 1.18 bits per heavy atom. The molecule has 0 aromatic rings. The lowest BCUT2D eigenvalue weighted by atomic mass is 11.0. The summed E-state index contributed by atoms with van der Waals surface area (Å²) in [5.74, 6) is 6.35. The van der Waals surface area contributed by atoms with Crippen molar-refractivity contribution < 1.29 is 0 Å². The van der Waals surface area contributed by atoms with Crippen LogP contribution in [0.25, 0.3) is 0 Å². The standard InChI is InChI=1S/2C7H26P10/c2*1-3-15(13-8)7-16(17(10)11)5-4-12-6-14(2)9/h2*12-13H,3-11H2,1-2H3/p+6. The molecular formula is C14H58P20+6. The smallest absolute Gasteiger partial charge is 0.0784 e. The largest absolute Gasteiger partial charge is 0.160 e. The lowest BCUT2D eigenvalue weighted by Crippen LogP contribution is -1.88. The third-order valence-electron chi connectivity index (χ3n) is 4.82. The van der Waals surface area contributed by atoms with Gasteiger partial charge in [0.15, 0.2) is 11.8 Å². The van der Waals surface area contributed by atoms with E-state index >= 15 is 0 Å². The molecule has 0 nitrogen and oxygen atoms in total. The first-order valence-corrected chi connectivity index (χ1v) is 48.5. The van der Waals surface area contributed by atoms with Gasteiger partial charge in [-0.1, -0.05) is 70.7 Å². The molecule has 0 heterocycles. The minimum Gasteiger partial charge on any atom is -0.0784 e. The van der Waals surface area contributed by atoms with Crippen molar-refractivity contribution in [2.45, 2.75) is 13.8 Å². The van der Waals surface area contributed by atoms with Crippen molar-refractivity contribution in [2.75, 3.05) is 73.9 Å². The Balaban J connectivity index is 0. The van der Waals surface area contributed by atoms with Crippen LogP contribution >= 0.6 is 164 Å². The Hall–Kier alpha value is 8.60. The summed E-state index contributed by atoms with van der Waals surface area (Å²) in [6.07, 6.45) is 9.21. The van der Waals surface area contributed by atoms with Gasteiger partial charge in [-0.3, -0.25) is 0 Å². The van der Waals surface area contributed by atoms with Gasteiger partial charge in [-0.05, 0) is 13.8 Å². The molecule has 0 saturated carbocycles. The van der Waals surface area contributed by atoms with Gasteiger partial charge in [0, 0.05) is 58.7 Å². The average Bonchev–Trinajstić information content (AvgIpc) is 2.78. The summed E-state index contributed by atoms with van der Waals surface area (Å²) in [5, 5.41) is 0. The van der Waals surface area contributed by atoms with E-state index in [9.17, 15) is 0 Å². The topological polar surface area (TPSA) is 0 Å². The summed E-state index contributed by atoms with van der Waals surface area (Å²) in [4.78, 5) is 0. The van der Waals surface area contributed by atoms with Gasteiger partial charge in [-0.15, -0.1) is 0 Å². The second-order valence-electron chi connectivity index (χ2n) is 8.05. The fourth-order valence-electron chi connectivity index (χ4n) is 2.70. The highest BCUT2D eigenvalue weighted by Crippen LogP contribution is 2.84. The molecule has 34 heavy (non-hydrogen) atoms. The summed E-state index contributed by atoms with van der Waals surface area (Å²) < 4.78 is 0. The highest BCUT2D eigenvalue weighted by molar-refractivity contribution is 8.74. The second kappa shape index (κ2) is 31.6. The molecule has 18 unspecified atom stereocenters. The summed E-state index contributed by atoms with van der Waals surface area (Å²) >= 11 is 0. The van der Waals surface area contributed by atoms with Crippen LogP contribution in [0, 0.1) is 0 Å². The van der Waals surface area contributed by atoms with Gasteiger partial charge in [0.05, 0.1) is 96.8 Å². The molecule has 0 bridgehead atoms. The van der Waals surface area contributed by atoms with Crippen molar-refractivity contribution in [1.29, 1.82) is 0 Å². The van der Waals surface area contributed by atoms with E-state index in [-0.39, 0.29) is 59.6 Å². The van der Waals surface area contributed by atoms with E-state index in [0.29, 0.717) is 0 Å². The summed E-state index contributed by atoms with van der Waals surface area (Å²) in [6, 6.07) is 0. The molecule has 208 valence electrons. The molecular weight excluding hydrogens is 788 g/mol. The fourth-order valence-corrected chi connectivity index (χ4v) is 67.7. The molecule has 0 radical (unpaired) electrons. The van der Waals surface area contributed by atoms with Gasteiger partial charge in [0.1, 0.15) is 0 Å². The predicted octanol–water partition coefficient (Wildman–Crippen LogP) is 12.0. The van der Waals surface area contributed by atoms with Gasteiger partial charge in [0.2, 0.25) is 0 Å². The highest BCUT2D eigenvalue weighted by Gasteiger charge is 2.29. The molecule has 0 rings (SSSR count). The van der Waals surface area contributed by atoms with Crippen molar-refractivity contribution >= 4 is 164 Å². The third-order valence-corrected chi connectivity index (χ3v) is 66.3. The number of hydrogen-bond donors (Lipinski definition) is 0. The van der Waals surface area contributed by atoms with Gasteiger partial charge in [0.25, 0.3) is 0 Å². The van der Waals surface area contributed by atoms with Crippen molar-refractivity contribution in [3.05, 3.63) is 0 Å². The Bertz CT molecular complexity index is 378. The minimum absolute atomic E-state index is 0.0115. The maximum Gasteiger partial charge on any atom is 0.160 e. The zero-order valence-corrected chi connectivity index (χ0v) is 42.6. The van der Waals surface area contributed by atoms with Crippen LogP contribution in [0.15, 0.2) is 0 Å². The molecule has 0 amide bonds. The van der Waals surface area contributed by atoms with Crippen LogP contribution in [0.2, 0.25) is 0 Å². The van der Waals surface area contributed by atoms with Crippen molar-refractivity contribution in [1.82, 2.24) is 0 Å². The van der Waals surface area contributed by atoms with Crippen molar-refractivity contribution in [3.8, 4) is 0 Å². The Morgan fingerprint density at radius 1 is 0.647 bits per heavy atom. The predicted molar refractivity (Wildman–Crippen MR) is 247 cm³/mol. The first kappa shape index (κ1) is 44.7. The van der Waals surface area contributed by atoms with Gasteiger partial charge < -0.3 is 0 Å². The molecule has 0 saturated heterocycles. The van der Waals surface area contributed by atoms with E-state index in [4.69, 9.17) is 0 Å². The van der Waals surface area contributed by atoms with Crippen molar-refractivity contribution in [2.24, 2.45) is 0 Å². The first-order chi connectivity index (χ1) is 16.0. The average molecular weight is 846 g/mol. The summed E-state index contributed by atoms with van der Waals surface area (Å²) in [6.45, 7) is 10.1. The summed E-state index contributed by atoms with van der Waals surface area (Å²) in [7, 11) is 29.3. The molecule has 0 aliphatic rings. The molecule has 0 N–H and O–H groups in total. The van der Waals surface area contributed by atoms with Gasteiger partial charge in [-0.25, -0.2) is 0 Å². The quantitative estimate of drug-likeness (QED) is 0.0846. The fraction of sp³-hybridized carbons (Fsp3) is 1.00. The maximum atomic E-state index is 3.12. The highest BCUT2D eigenvalue weighted by atomic mass is 32.7. The molecule has 0 aliphatic heterocycles. The normalized spacial score (nSPS) is 18.5. The minimum atomic E-state index is -0.0446. The number of hydrogen-bond acceptors (Lipinski definition) is 0. The van der Waals surface area contributed by atoms with Crippen LogP contribution in [0.5, 0.6) is 0 Å². The number of rotatable bonds is 20. The van der Waals surface area contributed by atoms with Crippen LogP contribution in [-0.4, -0.2) is 73.9 Å². The lowest BCUT2D eigenvalue weighted by molar-refractivity contribution is 1.50. The Kier molecular flexibility index (Phi) is 41.5. The molecule has 0 aliphatic carbocycles. The maximum absolute atomic E-state index is 3.12. The Morgan fingerprint density at radius 2 is 0.971 bits per heavy atom. The first-order valence-electron chi connectivity index (χ1n) is 11.5. The van der Waals surface area contributed by atoms with Crippen LogP contribution in [0.4, 0.5) is 0 Å². The van der Waals surface area contributed by atoms with Crippen LogP contribution in [0.3, 0.4) is 0 Å². The van der Waals surface area contributed by atoms with E-state index in [1.54, 1.807) is 24.1 Å². The van der Waals surface area contributed by atoms with E-state index in [1.807, 2.05) is 0 Å². The van der Waals surface area contributed by atoms with Gasteiger partial charge in [-0.2, -0.15) is 0 Å². The van der Waals surface area contributed by atoms with Crippen LogP contribution in [-0.2, 0) is 0 Å². The molecule has 0 aromatic carbocycles. The van der Waals surface area contributed by atoms with Crippen LogP contribution in [0.1, 0.15) is 13.8 Å². The van der Waals surface area contributed by atoms with Crippen LogP contribution < -0.4 is 0 Å².